The minimum atomic E-state index is -0.527. The minimum absolute atomic E-state index is 0.0432. The van der Waals surface area contributed by atoms with Crippen LogP contribution in [0.5, 0.6) is 0 Å². The molecule has 0 fully saturated rings. The van der Waals surface area contributed by atoms with Crippen molar-refractivity contribution in [3.63, 3.8) is 0 Å². The molecule has 0 aliphatic carbocycles. The summed E-state index contributed by atoms with van der Waals surface area (Å²) in [5.74, 6) is 0.371. The fourth-order valence-electron chi connectivity index (χ4n) is 1.62. The predicted octanol–water partition coefficient (Wildman–Crippen LogP) is 2.75. The molecule has 1 atom stereocenters. The Labute approximate surface area is 102 Å². The second-order valence-electron chi connectivity index (χ2n) is 3.61. The molecule has 90 valence electrons. The van der Waals surface area contributed by atoms with E-state index >= 15 is 0 Å². The number of thiophene rings is 1. The number of hydrogen-bond donors (Lipinski definition) is 1. The molecule has 2 aromatic rings. The average molecular weight is 252 g/mol. The van der Waals surface area contributed by atoms with Gasteiger partial charge in [0, 0.05) is 0 Å². The highest BCUT2D eigenvalue weighted by Crippen LogP contribution is 2.24. The van der Waals surface area contributed by atoms with Crippen LogP contribution in [0.3, 0.4) is 0 Å². The second kappa shape index (κ2) is 5.11. The van der Waals surface area contributed by atoms with Crippen LogP contribution in [-0.4, -0.2) is 12.0 Å². The van der Waals surface area contributed by atoms with Gasteiger partial charge in [0.15, 0.2) is 0 Å². The number of nitrogens with one attached hydrogen (secondary N) is 1. The highest BCUT2D eigenvalue weighted by molar-refractivity contribution is 7.07. The van der Waals surface area contributed by atoms with E-state index in [2.05, 4.69) is 10.7 Å². The molecule has 0 amide bonds. The highest BCUT2D eigenvalue weighted by atomic mass is 32.1. The van der Waals surface area contributed by atoms with Crippen molar-refractivity contribution in [2.75, 3.05) is 7.05 Å². The van der Waals surface area contributed by atoms with Gasteiger partial charge in [-0.25, -0.2) is 0 Å². The summed E-state index contributed by atoms with van der Waals surface area (Å²) in [5, 5.41) is 17.7. The first-order chi connectivity index (χ1) is 8.20. The monoisotopic (exact) mass is 252 g/mol. The van der Waals surface area contributed by atoms with Gasteiger partial charge in [-0.1, -0.05) is 0 Å². The maximum Gasteiger partial charge on any atom is 0.433 e. The molecule has 0 aromatic carbocycles. The number of furan rings is 1. The maximum absolute atomic E-state index is 10.5. The summed E-state index contributed by atoms with van der Waals surface area (Å²) in [7, 11) is 1.81. The van der Waals surface area contributed by atoms with Crippen molar-refractivity contribution in [2.24, 2.45) is 0 Å². The molecule has 2 heterocycles. The van der Waals surface area contributed by atoms with Crippen LogP contribution >= 0.6 is 11.3 Å². The van der Waals surface area contributed by atoms with Gasteiger partial charge in [0.25, 0.3) is 0 Å². The summed E-state index contributed by atoms with van der Waals surface area (Å²) in [5.41, 5.74) is 1.19. The summed E-state index contributed by atoms with van der Waals surface area (Å²) in [6, 6.07) is 5.02. The topological polar surface area (TPSA) is 68.3 Å². The number of nitro groups is 1. The molecule has 2 aromatic heterocycles. The molecule has 0 saturated heterocycles. The Morgan fingerprint density at radius 2 is 2.35 bits per heavy atom. The highest BCUT2D eigenvalue weighted by Gasteiger charge is 2.18. The van der Waals surface area contributed by atoms with Crippen LogP contribution in [0.15, 0.2) is 33.4 Å². The largest absolute Gasteiger partial charge is 0.433 e. The smallest absolute Gasteiger partial charge is 0.404 e. The van der Waals surface area contributed by atoms with Crippen LogP contribution in [0.1, 0.15) is 17.4 Å². The van der Waals surface area contributed by atoms with Gasteiger partial charge in [0.05, 0.1) is 12.1 Å². The molecule has 2 rings (SSSR count). The second-order valence-corrected chi connectivity index (χ2v) is 4.39. The predicted molar refractivity (Wildman–Crippen MR) is 65.2 cm³/mol. The van der Waals surface area contributed by atoms with Crippen molar-refractivity contribution in [3.05, 3.63) is 50.4 Å². The van der Waals surface area contributed by atoms with E-state index in [-0.39, 0.29) is 11.9 Å². The van der Waals surface area contributed by atoms with Crippen molar-refractivity contribution in [3.8, 4) is 0 Å². The van der Waals surface area contributed by atoms with E-state index in [1.54, 1.807) is 17.4 Å². The molecule has 0 saturated carbocycles. The molecule has 17 heavy (non-hydrogen) atoms. The standard InChI is InChI=1S/C11H12N2O3S/c1-12-9(6-8-4-5-17-7-8)10-2-3-11(16-10)13(14)15/h2-5,7,9,12H,6H2,1H3. The van der Waals surface area contributed by atoms with Gasteiger partial charge >= 0.3 is 5.88 Å². The first kappa shape index (κ1) is 11.8. The van der Waals surface area contributed by atoms with E-state index in [4.69, 9.17) is 4.42 Å². The quantitative estimate of drug-likeness (QED) is 0.656. The van der Waals surface area contributed by atoms with E-state index in [1.165, 1.54) is 11.6 Å². The van der Waals surface area contributed by atoms with Gasteiger partial charge in [-0.05, 0) is 41.9 Å². The van der Waals surface area contributed by atoms with Crippen LogP contribution in [0, 0.1) is 10.1 Å². The fraction of sp³-hybridized carbons (Fsp3) is 0.273. The molecule has 0 aliphatic rings. The van der Waals surface area contributed by atoms with Crippen LogP contribution in [0.2, 0.25) is 0 Å². The Hall–Kier alpha value is -1.66. The Balaban J connectivity index is 2.14. The molecular formula is C11H12N2O3S. The van der Waals surface area contributed by atoms with Crippen LogP contribution in [-0.2, 0) is 6.42 Å². The maximum atomic E-state index is 10.5. The first-order valence-corrected chi connectivity index (χ1v) is 6.07. The lowest BCUT2D eigenvalue weighted by atomic mass is 10.1. The van der Waals surface area contributed by atoms with E-state index in [0.29, 0.717) is 5.76 Å². The van der Waals surface area contributed by atoms with Gasteiger partial charge in [0.1, 0.15) is 10.7 Å². The van der Waals surface area contributed by atoms with Crippen molar-refractivity contribution >= 4 is 17.2 Å². The first-order valence-electron chi connectivity index (χ1n) is 5.13. The molecule has 1 unspecified atom stereocenters. The van der Waals surface area contributed by atoms with Crippen molar-refractivity contribution < 1.29 is 9.34 Å². The van der Waals surface area contributed by atoms with Crippen molar-refractivity contribution in [1.82, 2.24) is 5.32 Å². The summed E-state index contributed by atoms with van der Waals surface area (Å²) in [6.45, 7) is 0. The fourth-order valence-corrected chi connectivity index (χ4v) is 2.30. The van der Waals surface area contributed by atoms with Gasteiger partial charge in [0.2, 0.25) is 0 Å². The van der Waals surface area contributed by atoms with Crippen molar-refractivity contribution in [1.29, 1.82) is 0 Å². The lowest BCUT2D eigenvalue weighted by Gasteiger charge is -2.11. The number of nitrogens with zero attached hydrogens (tertiary/aromatic N) is 1. The minimum Gasteiger partial charge on any atom is -0.404 e. The number of hydrogen-bond acceptors (Lipinski definition) is 5. The van der Waals surface area contributed by atoms with E-state index in [1.807, 2.05) is 18.5 Å². The van der Waals surface area contributed by atoms with E-state index in [0.717, 1.165) is 6.42 Å². The normalized spacial score (nSPS) is 12.5. The third kappa shape index (κ3) is 2.72. The van der Waals surface area contributed by atoms with Crippen molar-refractivity contribution in [2.45, 2.75) is 12.5 Å². The number of rotatable bonds is 5. The third-order valence-electron chi connectivity index (χ3n) is 2.50. The molecule has 0 radical (unpaired) electrons. The molecule has 1 N–H and O–H groups in total. The molecule has 0 bridgehead atoms. The SMILES string of the molecule is CNC(Cc1ccsc1)c1ccc([N+](=O)[O-])o1. The number of likely N-dealkylation sites (N-methyl/N-ethyl adjacent to an activating group) is 1. The molecule has 6 heteroatoms. The van der Waals surface area contributed by atoms with E-state index < -0.39 is 4.92 Å². The zero-order valence-corrected chi connectivity index (χ0v) is 10.1. The summed E-state index contributed by atoms with van der Waals surface area (Å²) >= 11 is 1.63. The molecule has 0 aliphatic heterocycles. The Morgan fingerprint density at radius 1 is 1.53 bits per heavy atom. The van der Waals surface area contributed by atoms with Crippen LogP contribution < -0.4 is 5.32 Å². The molecular weight excluding hydrogens is 240 g/mol. The van der Waals surface area contributed by atoms with Crippen LogP contribution in [0.25, 0.3) is 0 Å². The van der Waals surface area contributed by atoms with Gasteiger partial charge < -0.3 is 9.73 Å². The summed E-state index contributed by atoms with van der Waals surface area (Å²) in [6.07, 6.45) is 0.755. The third-order valence-corrected chi connectivity index (χ3v) is 3.24. The van der Waals surface area contributed by atoms with E-state index in [9.17, 15) is 10.1 Å². The Kier molecular flexibility index (Phi) is 3.55. The lowest BCUT2D eigenvalue weighted by molar-refractivity contribution is -0.402. The van der Waals surface area contributed by atoms with Crippen LogP contribution in [0.4, 0.5) is 5.88 Å². The van der Waals surface area contributed by atoms with Gasteiger partial charge in [-0.3, -0.25) is 10.1 Å². The molecule has 0 spiro atoms. The zero-order chi connectivity index (χ0) is 12.3. The Bertz CT molecular complexity index is 493. The Morgan fingerprint density at radius 3 is 2.88 bits per heavy atom. The van der Waals surface area contributed by atoms with Gasteiger partial charge in [-0.2, -0.15) is 11.3 Å². The average Bonchev–Trinajstić information content (AvgIpc) is 2.96. The lowest BCUT2D eigenvalue weighted by Crippen LogP contribution is -2.17. The molecule has 5 nitrogen and oxygen atoms in total. The summed E-state index contributed by atoms with van der Waals surface area (Å²) < 4.78 is 5.19. The zero-order valence-electron chi connectivity index (χ0n) is 9.25. The van der Waals surface area contributed by atoms with Gasteiger partial charge in [-0.15, -0.1) is 0 Å². The summed E-state index contributed by atoms with van der Waals surface area (Å²) in [4.78, 5) is 10.0.